The third-order valence-corrected chi connectivity index (χ3v) is 2.56. The molecule has 1 aromatic heterocycles. The smallest absolute Gasteiger partial charge is 0.242 e. The lowest BCUT2D eigenvalue weighted by Gasteiger charge is -2.13. The van der Waals surface area contributed by atoms with E-state index in [1.54, 1.807) is 13.1 Å². The van der Waals surface area contributed by atoms with Crippen molar-refractivity contribution in [1.29, 1.82) is 0 Å². The molecule has 0 aliphatic heterocycles. The van der Waals surface area contributed by atoms with E-state index >= 15 is 0 Å². The minimum Gasteiger partial charge on any atom is -0.357 e. The first kappa shape index (κ1) is 12.3. The van der Waals surface area contributed by atoms with Gasteiger partial charge in [-0.3, -0.25) is 9.78 Å². The van der Waals surface area contributed by atoms with Gasteiger partial charge in [0, 0.05) is 6.54 Å². The van der Waals surface area contributed by atoms with Crippen molar-refractivity contribution in [2.45, 2.75) is 19.9 Å². The van der Waals surface area contributed by atoms with E-state index in [0.29, 0.717) is 12.4 Å². The normalized spacial score (nSPS) is 12.1. The number of amides is 1. The highest BCUT2D eigenvalue weighted by atomic mass is 16.2. The first-order valence-corrected chi connectivity index (χ1v) is 5.96. The summed E-state index contributed by atoms with van der Waals surface area (Å²) in [5, 5.41) is 5.79. The van der Waals surface area contributed by atoms with Gasteiger partial charge in [-0.05, 0) is 26.0 Å². The molecule has 0 saturated heterocycles. The Morgan fingerprint density at radius 2 is 2.06 bits per heavy atom. The molecule has 2 N–H and O–H groups in total. The van der Waals surface area contributed by atoms with Crippen molar-refractivity contribution >= 4 is 22.8 Å². The van der Waals surface area contributed by atoms with Crippen molar-refractivity contribution in [3.8, 4) is 0 Å². The maximum Gasteiger partial charge on any atom is 0.242 e. The molecule has 18 heavy (non-hydrogen) atoms. The van der Waals surface area contributed by atoms with Gasteiger partial charge in [0.25, 0.3) is 0 Å². The summed E-state index contributed by atoms with van der Waals surface area (Å²) in [6.07, 6.45) is 1.64. The molecule has 2 aromatic rings. The molecule has 1 aromatic carbocycles. The van der Waals surface area contributed by atoms with Gasteiger partial charge in [0.2, 0.25) is 5.91 Å². The van der Waals surface area contributed by atoms with Crippen molar-refractivity contribution in [3.05, 3.63) is 30.5 Å². The Hall–Kier alpha value is -2.17. The van der Waals surface area contributed by atoms with Crippen LogP contribution in [0.4, 0.5) is 5.82 Å². The van der Waals surface area contributed by atoms with Crippen molar-refractivity contribution < 1.29 is 4.79 Å². The van der Waals surface area contributed by atoms with E-state index in [0.717, 1.165) is 11.0 Å². The van der Waals surface area contributed by atoms with Gasteiger partial charge in [-0.25, -0.2) is 4.98 Å². The van der Waals surface area contributed by atoms with Crippen molar-refractivity contribution in [1.82, 2.24) is 15.3 Å². The Morgan fingerprint density at radius 1 is 1.33 bits per heavy atom. The number of fused-ring (bicyclic) bond motifs is 1. The summed E-state index contributed by atoms with van der Waals surface area (Å²) < 4.78 is 0. The van der Waals surface area contributed by atoms with Gasteiger partial charge in [-0.1, -0.05) is 12.1 Å². The summed E-state index contributed by atoms with van der Waals surface area (Å²) in [5.74, 6) is 0.555. The summed E-state index contributed by atoms with van der Waals surface area (Å²) in [6, 6.07) is 7.29. The Bertz CT molecular complexity index is 555. The molecule has 1 amide bonds. The summed E-state index contributed by atoms with van der Waals surface area (Å²) in [5.41, 5.74) is 1.65. The Balaban J connectivity index is 2.14. The second-order valence-corrected chi connectivity index (χ2v) is 4.00. The van der Waals surface area contributed by atoms with Crippen LogP contribution in [0, 0.1) is 0 Å². The zero-order chi connectivity index (χ0) is 13.0. The quantitative estimate of drug-likeness (QED) is 0.856. The number of hydrogen-bond acceptors (Lipinski definition) is 4. The van der Waals surface area contributed by atoms with Gasteiger partial charge in [-0.2, -0.15) is 0 Å². The van der Waals surface area contributed by atoms with Crippen LogP contribution in [0.1, 0.15) is 13.8 Å². The van der Waals surface area contributed by atoms with Crippen molar-refractivity contribution in [2.75, 3.05) is 11.9 Å². The number of likely N-dealkylation sites (N-methyl/N-ethyl adjacent to an activating group) is 1. The molecule has 0 fully saturated rings. The molecule has 5 nitrogen and oxygen atoms in total. The van der Waals surface area contributed by atoms with Gasteiger partial charge in [0.05, 0.1) is 17.2 Å². The minimum atomic E-state index is -0.333. The van der Waals surface area contributed by atoms with Crippen LogP contribution in [0.3, 0.4) is 0 Å². The van der Waals surface area contributed by atoms with Crippen LogP contribution in [0.5, 0.6) is 0 Å². The third-order valence-electron chi connectivity index (χ3n) is 2.56. The van der Waals surface area contributed by atoms with Gasteiger partial charge in [-0.15, -0.1) is 0 Å². The van der Waals surface area contributed by atoms with Gasteiger partial charge < -0.3 is 10.6 Å². The van der Waals surface area contributed by atoms with Crippen LogP contribution in [0.15, 0.2) is 30.5 Å². The van der Waals surface area contributed by atoms with E-state index in [4.69, 9.17) is 0 Å². The van der Waals surface area contributed by atoms with E-state index in [9.17, 15) is 4.79 Å². The van der Waals surface area contributed by atoms with E-state index in [-0.39, 0.29) is 11.9 Å². The Morgan fingerprint density at radius 3 is 2.78 bits per heavy atom. The van der Waals surface area contributed by atoms with E-state index < -0.39 is 0 Å². The van der Waals surface area contributed by atoms with Gasteiger partial charge in [0.15, 0.2) is 0 Å². The third kappa shape index (κ3) is 2.74. The molecule has 1 unspecified atom stereocenters. The maximum absolute atomic E-state index is 11.6. The second kappa shape index (κ2) is 5.44. The summed E-state index contributed by atoms with van der Waals surface area (Å²) in [6.45, 7) is 4.30. The monoisotopic (exact) mass is 244 g/mol. The van der Waals surface area contributed by atoms with Gasteiger partial charge >= 0.3 is 0 Å². The molecule has 0 saturated carbocycles. The van der Waals surface area contributed by atoms with Crippen LogP contribution < -0.4 is 10.6 Å². The summed E-state index contributed by atoms with van der Waals surface area (Å²) in [4.78, 5) is 20.3. The van der Waals surface area contributed by atoms with Gasteiger partial charge in [0.1, 0.15) is 11.9 Å². The molecule has 1 heterocycles. The van der Waals surface area contributed by atoms with Crippen LogP contribution in [0.2, 0.25) is 0 Å². The van der Waals surface area contributed by atoms with Crippen LogP contribution >= 0.6 is 0 Å². The van der Waals surface area contributed by atoms with E-state index in [1.165, 1.54) is 0 Å². The number of anilines is 1. The molecular formula is C13H16N4O. The maximum atomic E-state index is 11.6. The molecule has 2 rings (SSSR count). The average Bonchev–Trinajstić information content (AvgIpc) is 2.39. The van der Waals surface area contributed by atoms with E-state index in [1.807, 2.05) is 31.2 Å². The highest BCUT2D eigenvalue weighted by molar-refractivity contribution is 5.84. The molecule has 5 heteroatoms. The molecule has 0 aliphatic rings. The Kier molecular flexibility index (Phi) is 3.72. The topological polar surface area (TPSA) is 66.9 Å². The zero-order valence-electron chi connectivity index (χ0n) is 10.5. The molecule has 0 aliphatic carbocycles. The highest BCUT2D eigenvalue weighted by Gasteiger charge is 2.12. The molecule has 0 radical (unpaired) electrons. The number of carbonyl (C=O) groups excluding carboxylic acids is 1. The number of para-hydroxylation sites is 2. The predicted molar refractivity (Wildman–Crippen MR) is 71.3 cm³/mol. The number of carbonyl (C=O) groups is 1. The lowest BCUT2D eigenvalue weighted by molar-refractivity contribution is -0.121. The molecule has 0 bridgehead atoms. The highest BCUT2D eigenvalue weighted by Crippen LogP contribution is 2.11. The lowest BCUT2D eigenvalue weighted by Crippen LogP contribution is -2.37. The molecule has 1 atom stereocenters. The van der Waals surface area contributed by atoms with E-state index in [2.05, 4.69) is 20.6 Å². The molecule has 0 spiro atoms. The van der Waals surface area contributed by atoms with Crippen LogP contribution in [-0.4, -0.2) is 28.5 Å². The predicted octanol–water partition coefficient (Wildman–Crippen LogP) is 1.57. The number of nitrogens with one attached hydrogen (secondary N) is 2. The molecular weight excluding hydrogens is 228 g/mol. The standard InChI is InChI=1S/C13H16N4O/c1-3-14-13(18)9(2)16-12-8-15-10-6-4-5-7-11(10)17-12/h4-9H,3H2,1-2H3,(H,14,18)(H,16,17). The zero-order valence-corrected chi connectivity index (χ0v) is 10.5. The first-order valence-electron chi connectivity index (χ1n) is 5.96. The van der Waals surface area contributed by atoms with Crippen LogP contribution in [0.25, 0.3) is 11.0 Å². The average molecular weight is 244 g/mol. The fourth-order valence-electron chi connectivity index (χ4n) is 1.64. The lowest BCUT2D eigenvalue weighted by atomic mass is 10.3. The SMILES string of the molecule is CCNC(=O)C(C)Nc1cnc2ccccc2n1. The summed E-state index contributed by atoms with van der Waals surface area (Å²) >= 11 is 0. The molecule has 94 valence electrons. The number of aromatic nitrogens is 2. The number of nitrogens with zero attached hydrogens (tertiary/aromatic N) is 2. The summed E-state index contributed by atoms with van der Waals surface area (Å²) in [7, 11) is 0. The van der Waals surface area contributed by atoms with Crippen LogP contribution in [-0.2, 0) is 4.79 Å². The largest absolute Gasteiger partial charge is 0.357 e. The second-order valence-electron chi connectivity index (χ2n) is 4.00. The number of benzene rings is 1. The number of hydrogen-bond donors (Lipinski definition) is 2. The van der Waals surface area contributed by atoms with Crippen molar-refractivity contribution in [2.24, 2.45) is 0 Å². The fraction of sp³-hybridized carbons (Fsp3) is 0.308. The minimum absolute atomic E-state index is 0.0486. The van der Waals surface area contributed by atoms with Crippen molar-refractivity contribution in [3.63, 3.8) is 0 Å². The Labute approximate surface area is 106 Å². The fourth-order valence-corrected chi connectivity index (χ4v) is 1.64. The number of rotatable bonds is 4. The first-order chi connectivity index (χ1) is 8.70.